The Labute approximate surface area is 93.3 Å². The fourth-order valence-electron chi connectivity index (χ4n) is 1.24. The summed E-state index contributed by atoms with van der Waals surface area (Å²) in [5.41, 5.74) is 1.95. The van der Waals surface area contributed by atoms with Gasteiger partial charge in [-0.05, 0) is 0 Å². The van der Waals surface area contributed by atoms with Crippen molar-refractivity contribution in [3.8, 4) is 5.75 Å². The molecule has 1 aromatic rings. The minimum absolute atomic E-state index is 0.409. The molecule has 1 aromatic heterocycles. The lowest BCUT2D eigenvalue weighted by Crippen LogP contribution is -2.18. The van der Waals surface area contributed by atoms with Gasteiger partial charge in [0.1, 0.15) is 11.3 Å². The molecule has 1 heterocycles. The minimum Gasteiger partial charge on any atom is -0.489 e. The number of halogens is 2. The van der Waals surface area contributed by atoms with E-state index in [-0.39, 0.29) is 0 Å². The molecule has 0 radical (unpaired) electrons. The fraction of sp³-hybridized carbons (Fsp3) is 0.250. The molecule has 0 spiro atoms. The number of carbonyl (C=O) groups excluding carboxylic acids is 1. The first-order chi connectivity index (χ1) is 7.90. The topological polar surface area (TPSA) is 108 Å². The van der Waals surface area contributed by atoms with Gasteiger partial charge in [-0.1, -0.05) is 0 Å². The van der Waals surface area contributed by atoms with E-state index in [1.165, 1.54) is 0 Å². The fourth-order valence-corrected chi connectivity index (χ4v) is 1.24. The van der Waals surface area contributed by atoms with E-state index in [9.17, 15) is 23.7 Å². The van der Waals surface area contributed by atoms with Gasteiger partial charge in [0.25, 0.3) is 12.3 Å². The molecular formula is C8H7F2N3O4. The quantitative estimate of drug-likeness (QED) is 0.631. The lowest BCUT2D eigenvalue weighted by Gasteiger charge is -2.08. The molecule has 17 heavy (non-hydrogen) atoms. The van der Waals surface area contributed by atoms with Crippen LogP contribution in [0.25, 0.3) is 0 Å². The second-order valence-corrected chi connectivity index (χ2v) is 2.86. The van der Waals surface area contributed by atoms with Crippen molar-refractivity contribution in [3.63, 3.8) is 0 Å². The van der Waals surface area contributed by atoms with Crippen molar-refractivity contribution in [2.75, 3.05) is 7.11 Å². The first-order valence-electron chi connectivity index (χ1n) is 4.19. The molecule has 0 unspecified atom stereocenters. The Morgan fingerprint density at radius 3 is 2.59 bits per heavy atom. The molecule has 7 nitrogen and oxygen atoms in total. The van der Waals surface area contributed by atoms with Crippen LogP contribution in [-0.4, -0.2) is 22.9 Å². The lowest BCUT2D eigenvalue weighted by molar-refractivity contribution is -0.386. The van der Waals surface area contributed by atoms with Gasteiger partial charge in [0.05, 0.1) is 18.2 Å². The molecule has 0 fully saturated rings. The van der Waals surface area contributed by atoms with Crippen LogP contribution >= 0.6 is 0 Å². The zero-order valence-corrected chi connectivity index (χ0v) is 8.52. The largest absolute Gasteiger partial charge is 0.489 e. The van der Waals surface area contributed by atoms with E-state index in [2.05, 4.69) is 9.72 Å². The summed E-state index contributed by atoms with van der Waals surface area (Å²) >= 11 is 0. The van der Waals surface area contributed by atoms with E-state index in [0.717, 1.165) is 13.3 Å². The van der Waals surface area contributed by atoms with Crippen LogP contribution in [0.4, 0.5) is 14.5 Å². The number of methoxy groups -OCH3 is 1. The maximum absolute atomic E-state index is 12.5. The summed E-state index contributed by atoms with van der Waals surface area (Å²) in [5.74, 6) is -1.77. The zero-order valence-electron chi connectivity index (χ0n) is 8.52. The van der Waals surface area contributed by atoms with Gasteiger partial charge >= 0.3 is 5.69 Å². The minimum atomic E-state index is -3.15. The number of aromatic nitrogens is 1. The van der Waals surface area contributed by atoms with Gasteiger partial charge in [0, 0.05) is 0 Å². The number of nitrogens with two attached hydrogens (primary N) is 1. The highest BCUT2D eigenvalue weighted by molar-refractivity contribution is 5.99. The SMILES string of the molecule is COc1cnc(C(F)F)c(C(N)=O)c1[N+](=O)[O-]. The molecule has 0 bridgehead atoms. The van der Waals surface area contributed by atoms with E-state index in [1.54, 1.807) is 0 Å². The highest BCUT2D eigenvalue weighted by Crippen LogP contribution is 2.34. The molecule has 0 aromatic carbocycles. The third kappa shape index (κ3) is 2.27. The molecular weight excluding hydrogens is 240 g/mol. The van der Waals surface area contributed by atoms with Crippen LogP contribution in [0, 0.1) is 10.1 Å². The van der Waals surface area contributed by atoms with Crippen LogP contribution in [-0.2, 0) is 0 Å². The number of carbonyl (C=O) groups is 1. The molecule has 1 rings (SSSR count). The molecule has 0 saturated carbocycles. The maximum Gasteiger partial charge on any atom is 0.327 e. The van der Waals surface area contributed by atoms with Crippen LogP contribution in [0.15, 0.2) is 6.20 Å². The van der Waals surface area contributed by atoms with Crippen LogP contribution < -0.4 is 10.5 Å². The van der Waals surface area contributed by atoms with Crippen molar-refractivity contribution in [1.29, 1.82) is 0 Å². The first kappa shape index (κ1) is 12.7. The summed E-state index contributed by atoms with van der Waals surface area (Å²) in [6, 6.07) is 0. The average Bonchev–Trinajstić information content (AvgIpc) is 2.26. The Morgan fingerprint density at radius 2 is 2.24 bits per heavy atom. The highest BCUT2D eigenvalue weighted by atomic mass is 19.3. The smallest absolute Gasteiger partial charge is 0.327 e. The predicted molar refractivity (Wildman–Crippen MR) is 50.9 cm³/mol. The summed E-state index contributed by atoms with van der Waals surface area (Å²) in [6.07, 6.45) is -2.41. The van der Waals surface area contributed by atoms with Crippen LogP contribution in [0.2, 0.25) is 0 Å². The molecule has 0 aliphatic carbocycles. The zero-order chi connectivity index (χ0) is 13.2. The Kier molecular flexibility index (Phi) is 3.51. The second kappa shape index (κ2) is 4.68. The highest BCUT2D eigenvalue weighted by Gasteiger charge is 2.32. The van der Waals surface area contributed by atoms with Crippen molar-refractivity contribution < 1.29 is 23.2 Å². The van der Waals surface area contributed by atoms with Gasteiger partial charge in [-0.25, -0.2) is 8.78 Å². The molecule has 2 N–H and O–H groups in total. The predicted octanol–water partition coefficient (Wildman–Crippen LogP) is 1.03. The number of rotatable bonds is 4. The molecule has 0 aliphatic heterocycles. The molecule has 1 amide bonds. The molecule has 0 atom stereocenters. The van der Waals surface area contributed by atoms with Crippen molar-refractivity contribution in [1.82, 2.24) is 4.98 Å². The number of pyridine rings is 1. The number of amides is 1. The van der Waals surface area contributed by atoms with Crippen LogP contribution in [0.5, 0.6) is 5.75 Å². The van der Waals surface area contributed by atoms with Crippen molar-refractivity contribution >= 4 is 11.6 Å². The Hall–Kier alpha value is -2.32. The van der Waals surface area contributed by atoms with E-state index >= 15 is 0 Å². The van der Waals surface area contributed by atoms with Crippen LogP contribution in [0.3, 0.4) is 0 Å². The summed E-state index contributed by atoms with van der Waals surface area (Å²) in [7, 11) is 1.08. The number of hydrogen-bond acceptors (Lipinski definition) is 5. The lowest BCUT2D eigenvalue weighted by atomic mass is 10.1. The van der Waals surface area contributed by atoms with Gasteiger partial charge < -0.3 is 10.5 Å². The monoisotopic (exact) mass is 247 g/mol. The molecule has 0 aliphatic rings. The van der Waals surface area contributed by atoms with Crippen molar-refractivity contribution in [3.05, 3.63) is 27.6 Å². The van der Waals surface area contributed by atoms with Gasteiger partial charge in [-0.2, -0.15) is 0 Å². The Bertz CT molecular complexity index is 478. The van der Waals surface area contributed by atoms with Gasteiger partial charge in [-0.3, -0.25) is 19.9 Å². The number of nitrogens with zero attached hydrogens (tertiary/aromatic N) is 2. The molecule has 9 heteroatoms. The number of nitro groups is 1. The summed E-state index contributed by atoms with van der Waals surface area (Å²) < 4.78 is 29.6. The Morgan fingerprint density at radius 1 is 1.65 bits per heavy atom. The third-order valence-electron chi connectivity index (χ3n) is 1.90. The first-order valence-corrected chi connectivity index (χ1v) is 4.19. The number of alkyl halides is 2. The summed E-state index contributed by atoms with van der Waals surface area (Å²) in [6.45, 7) is 0. The van der Waals surface area contributed by atoms with Crippen molar-refractivity contribution in [2.24, 2.45) is 5.73 Å². The van der Waals surface area contributed by atoms with Gasteiger partial charge in [0.15, 0.2) is 0 Å². The number of primary amides is 1. The molecule has 92 valence electrons. The van der Waals surface area contributed by atoms with Gasteiger partial charge in [0.2, 0.25) is 5.75 Å². The standard InChI is InChI=1S/C8H7F2N3O4/c1-17-3-2-12-5(7(9)10)4(8(11)14)6(3)13(15)16/h2,7H,1H3,(H2,11,14). The number of ether oxygens (including phenoxy) is 1. The summed E-state index contributed by atoms with van der Waals surface area (Å²) in [4.78, 5) is 23.9. The average molecular weight is 247 g/mol. The number of hydrogen-bond donors (Lipinski definition) is 1. The second-order valence-electron chi connectivity index (χ2n) is 2.86. The van der Waals surface area contributed by atoms with E-state index in [1.807, 2.05) is 0 Å². The third-order valence-corrected chi connectivity index (χ3v) is 1.90. The van der Waals surface area contributed by atoms with E-state index in [4.69, 9.17) is 5.73 Å². The summed E-state index contributed by atoms with van der Waals surface area (Å²) in [5, 5.41) is 10.7. The van der Waals surface area contributed by atoms with Gasteiger partial charge in [-0.15, -0.1) is 0 Å². The van der Waals surface area contributed by atoms with E-state index < -0.39 is 40.0 Å². The van der Waals surface area contributed by atoms with Crippen molar-refractivity contribution in [2.45, 2.75) is 6.43 Å². The maximum atomic E-state index is 12.5. The Balaban J connectivity index is 3.65. The van der Waals surface area contributed by atoms with E-state index in [0.29, 0.717) is 0 Å². The van der Waals surface area contributed by atoms with Crippen LogP contribution in [0.1, 0.15) is 22.5 Å². The molecule has 0 saturated heterocycles. The normalized spacial score (nSPS) is 10.4.